The van der Waals surface area contributed by atoms with E-state index in [4.69, 9.17) is 9.47 Å². The lowest BCUT2D eigenvalue weighted by Gasteiger charge is -2.26. The molecule has 0 bridgehead atoms. The topological polar surface area (TPSA) is 85.7 Å². The number of aromatic nitrogens is 2. The molecular formula is C26H29ClF2N4O4. The van der Waals surface area contributed by atoms with Crippen LogP contribution in [0.25, 0.3) is 11.3 Å². The molecule has 0 spiro atoms. The summed E-state index contributed by atoms with van der Waals surface area (Å²) in [5.74, 6) is -1.46. The molecule has 0 radical (unpaired) electrons. The summed E-state index contributed by atoms with van der Waals surface area (Å²) >= 11 is 0. The third kappa shape index (κ3) is 7.82. The van der Waals surface area contributed by atoms with Crippen LogP contribution in [0, 0.1) is 11.6 Å². The Balaban J connectivity index is 0.00000380. The van der Waals surface area contributed by atoms with Gasteiger partial charge in [0.1, 0.15) is 11.6 Å². The SMILES string of the molecule is CC(c1cccc(NC(=O)OCCCN2CCOCC2)c1)n1nc(-c2cc(F)cc(F)c2)ccc1=O.Cl. The van der Waals surface area contributed by atoms with Crippen molar-refractivity contribution < 1.29 is 23.0 Å². The average molecular weight is 535 g/mol. The molecule has 1 atom stereocenters. The van der Waals surface area contributed by atoms with Crippen molar-refractivity contribution >= 4 is 24.2 Å². The van der Waals surface area contributed by atoms with Gasteiger partial charge in [-0.25, -0.2) is 18.3 Å². The molecule has 1 N–H and O–H groups in total. The molecular weight excluding hydrogens is 506 g/mol. The van der Waals surface area contributed by atoms with Crippen LogP contribution in [0.5, 0.6) is 0 Å². The molecule has 1 amide bonds. The number of hydrogen-bond acceptors (Lipinski definition) is 6. The molecule has 198 valence electrons. The molecule has 37 heavy (non-hydrogen) atoms. The first kappa shape index (κ1) is 28.2. The molecule has 1 unspecified atom stereocenters. The van der Waals surface area contributed by atoms with Gasteiger partial charge in [-0.1, -0.05) is 12.1 Å². The van der Waals surface area contributed by atoms with Crippen LogP contribution >= 0.6 is 12.4 Å². The van der Waals surface area contributed by atoms with Gasteiger partial charge >= 0.3 is 6.09 Å². The van der Waals surface area contributed by atoms with Crippen molar-refractivity contribution in [2.75, 3.05) is 44.8 Å². The van der Waals surface area contributed by atoms with Gasteiger partial charge in [-0.05, 0) is 49.2 Å². The van der Waals surface area contributed by atoms with Crippen LogP contribution in [0.15, 0.2) is 59.4 Å². The van der Waals surface area contributed by atoms with Gasteiger partial charge < -0.3 is 9.47 Å². The highest BCUT2D eigenvalue weighted by Gasteiger charge is 2.15. The zero-order valence-corrected chi connectivity index (χ0v) is 21.2. The van der Waals surface area contributed by atoms with Gasteiger partial charge in [-0.15, -0.1) is 12.4 Å². The molecule has 11 heteroatoms. The lowest BCUT2D eigenvalue weighted by atomic mass is 10.1. The number of nitrogens with zero attached hydrogens (tertiary/aromatic N) is 3. The molecule has 0 aliphatic carbocycles. The molecule has 1 saturated heterocycles. The van der Waals surface area contributed by atoms with Crippen molar-refractivity contribution in [3.8, 4) is 11.3 Å². The highest BCUT2D eigenvalue weighted by molar-refractivity contribution is 5.85. The van der Waals surface area contributed by atoms with Crippen LogP contribution in [0.1, 0.15) is 24.9 Å². The summed E-state index contributed by atoms with van der Waals surface area (Å²) < 4.78 is 39.2. The van der Waals surface area contributed by atoms with E-state index in [2.05, 4.69) is 15.3 Å². The number of amides is 1. The Morgan fingerprint density at radius 3 is 2.57 bits per heavy atom. The number of benzene rings is 2. The van der Waals surface area contributed by atoms with Crippen LogP contribution in [-0.2, 0) is 9.47 Å². The predicted molar refractivity (Wildman–Crippen MR) is 138 cm³/mol. The van der Waals surface area contributed by atoms with Crippen molar-refractivity contribution in [2.24, 2.45) is 0 Å². The van der Waals surface area contributed by atoms with E-state index in [0.717, 1.165) is 57.5 Å². The summed E-state index contributed by atoms with van der Waals surface area (Å²) in [6.07, 6.45) is 0.164. The minimum Gasteiger partial charge on any atom is -0.449 e. The summed E-state index contributed by atoms with van der Waals surface area (Å²) in [5, 5.41) is 7.03. The fraction of sp³-hybridized carbons (Fsp3) is 0.346. The maximum atomic E-state index is 13.7. The molecule has 2 heterocycles. The lowest BCUT2D eigenvalue weighted by Crippen LogP contribution is -2.37. The number of carbonyl (C=O) groups is 1. The smallest absolute Gasteiger partial charge is 0.411 e. The zero-order valence-electron chi connectivity index (χ0n) is 20.4. The Morgan fingerprint density at radius 1 is 1.11 bits per heavy atom. The van der Waals surface area contributed by atoms with E-state index in [0.29, 0.717) is 17.9 Å². The van der Waals surface area contributed by atoms with E-state index >= 15 is 0 Å². The number of halogens is 3. The number of anilines is 1. The van der Waals surface area contributed by atoms with Crippen LogP contribution in [0.2, 0.25) is 0 Å². The average Bonchev–Trinajstić information content (AvgIpc) is 2.87. The van der Waals surface area contributed by atoms with Gasteiger partial charge in [0.05, 0.1) is 31.6 Å². The Bertz CT molecular complexity index is 1250. The number of carbonyl (C=O) groups excluding carboxylic acids is 1. The molecule has 1 aromatic heterocycles. The Labute approximate surface area is 219 Å². The quantitative estimate of drug-likeness (QED) is 0.429. The summed E-state index contributed by atoms with van der Waals surface area (Å²) in [6.45, 7) is 6.14. The van der Waals surface area contributed by atoms with Crippen LogP contribution in [-0.4, -0.2) is 60.2 Å². The van der Waals surface area contributed by atoms with E-state index < -0.39 is 23.8 Å². The molecule has 3 aromatic rings. The minimum atomic E-state index is -0.732. The van der Waals surface area contributed by atoms with Gasteiger partial charge in [-0.3, -0.25) is 15.0 Å². The zero-order chi connectivity index (χ0) is 25.5. The lowest BCUT2D eigenvalue weighted by molar-refractivity contribution is 0.0348. The van der Waals surface area contributed by atoms with Gasteiger partial charge in [0.2, 0.25) is 0 Å². The first-order valence-electron chi connectivity index (χ1n) is 11.8. The summed E-state index contributed by atoms with van der Waals surface area (Å²) in [4.78, 5) is 27.0. The Hall–Kier alpha value is -3.34. The highest BCUT2D eigenvalue weighted by atomic mass is 35.5. The van der Waals surface area contributed by atoms with Crippen LogP contribution < -0.4 is 10.9 Å². The maximum absolute atomic E-state index is 13.7. The van der Waals surface area contributed by atoms with E-state index in [1.54, 1.807) is 31.2 Å². The van der Waals surface area contributed by atoms with Crippen molar-refractivity contribution in [3.05, 3.63) is 82.1 Å². The first-order chi connectivity index (χ1) is 17.4. The second-order valence-electron chi connectivity index (χ2n) is 8.53. The Kier molecular flexibility index (Phi) is 10.1. The van der Waals surface area contributed by atoms with Crippen molar-refractivity contribution in [1.29, 1.82) is 0 Å². The molecule has 8 nitrogen and oxygen atoms in total. The van der Waals surface area contributed by atoms with Crippen molar-refractivity contribution in [1.82, 2.24) is 14.7 Å². The molecule has 1 fully saturated rings. The van der Waals surface area contributed by atoms with Crippen LogP contribution in [0.3, 0.4) is 0 Å². The largest absolute Gasteiger partial charge is 0.449 e. The second kappa shape index (κ2) is 13.3. The first-order valence-corrected chi connectivity index (χ1v) is 11.8. The predicted octanol–water partition coefficient (Wildman–Crippen LogP) is 4.49. The third-order valence-corrected chi connectivity index (χ3v) is 5.92. The van der Waals surface area contributed by atoms with Gasteiger partial charge in [0.15, 0.2) is 0 Å². The number of nitrogens with one attached hydrogen (secondary N) is 1. The standard InChI is InChI=1S/C26H28F2N4O4.ClH/c1-18(32-25(33)7-6-24(30-32)20-14-21(27)17-22(28)15-20)19-4-2-5-23(16-19)29-26(34)36-11-3-8-31-9-12-35-13-10-31;/h2,4-7,14-18H,3,8-13H2,1H3,(H,29,34);1H. The maximum Gasteiger partial charge on any atom is 0.411 e. The van der Waals surface area contributed by atoms with E-state index in [1.807, 2.05) is 0 Å². The van der Waals surface area contributed by atoms with E-state index in [9.17, 15) is 18.4 Å². The fourth-order valence-electron chi connectivity index (χ4n) is 4.01. The highest BCUT2D eigenvalue weighted by Crippen LogP contribution is 2.22. The monoisotopic (exact) mass is 534 g/mol. The second-order valence-corrected chi connectivity index (χ2v) is 8.53. The number of morpholine rings is 1. The van der Waals surface area contributed by atoms with Gasteiger partial charge in [0, 0.05) is 43.0 Å². The normalized spacial score (nSPS) is 14.5. The number of rotatable bonds is 8. The molecule has 1 aliphatic heterocycles. The van der Waals surface area contributed by atoms with Crippen molar-refractivity contribution in [3.63, 3.8) is 0 Å². The number of ether oxygens (including phenoxy) is 2. The van der Waals surface area contributed by atoms with Gasteiger partial charge in [-0.2, -0.15) is 5.10 Å². The molecule has 0 saturated carbocycles. The fourth-order valence-corrected chi connectivity index (χ4v) is 4.01. The molecule has 2 aromatic carbocycles. The molecule has 1 aliphatic rings. The Morgan fingerprint density at radius 2 is 1.84 bits per heavy atom. The third-order valence-electron chi connectivity index (χ3n) is 5.92. The van der Waals surface area contributed by atoms with Crippen molar-refractivity contribution in [2.45, 2.75) is 19.4 Å². The van der Waals surface area contributed by atoms with E-state index in [-0.39, 0.29) is 29.2 Å². The summed E-state index contributed by atoms with van der Waals surface area (Å²) in [6, 6.07) is 12.3. The summed E-state index contributed by atoms with van der Waals surface area (Å²) in [7, 11) is 0. The minimum absolute atomic E-state index is 0. The van der Waals surface area contributed by atoms with Crippen LogP contribution in [0.4, 0.5) is 19.3 Å². The van der Waals surface area contributed by atoms with Gasteiger partial charge in [0.25, 0.3) is 5.56 Å². The van der Waals surface area contributed by atoms with E-state index in [1.165, 1.54) is 16.8 Å². The molecule has 4 rings (SSSR count). The summed E-state index contributed by atoms with van der Waals surface area (Å²) in [5.41, 5.74) is 1.32. The number of hydrogen-bond donors (Lipinski definition) is 1.